The first-order valence-corrected chi connectivity index (χ1v) is 19.3. The molecule has 1 aliphatic rings. The fourth-order valence-electron chi connectivity index (χ4n) is 7.16. The van der Waals surface area contributed by atoms with Crippen LogP contribution in [0.25, 0.3) is 0 Å². The number of hydrogen-bond donors (Lipinski definition) is 10. The number of ether oxygens (including phenoxy) is 3. The minimum Gasteiger partial charge on any atom is -0.459 e. The Morgan fingerprint density at radius 1 is 0.722 bits per heavy atom. The van der Waals surface area contributed by atoms with Crippen molar-refractivity contribution in [3.63, 3.8) is 0 Å². The number of esters is 1. The average Bonchev–Trinajstić information content (AvgIpc) is 3.13. The molecule has 1 rings (SSSR count). The Bertz CT molecular complexity index is 1190. The van der Waals surface area contributed by atoms with E-state index in [0.29, 0.717) is 23.0 Å². The van der Waals surface area contributed by atoms with Gasteiger partial charge in [0, 0.05) is 23.3 Å². The topological polar surface area (TPSA) is 247 Å². The van der Waals surface area contributed by atoms with Gasteiger partial charge in [0.2, 0.25) is 0 Å². The zero-order valence-corrected chi connectivity index (χ0v) is 33.9. The number of carbonyl (C=O) groups excluding carboxylic acids is 1. The van der Waals surface area contributed by atoms with E-state index in [9.17, 15) is 50.8 Å². The molecule has 54 heavy (non-hydrogen) atoms. The molecule has 14 heteroatoms. The third-order valence-corrected chi connectivity index (χ3v) is 10.7. The zero-order valence-electron chi connectivity index (χ0n) is 33.9. The first-order chi connectivity index (χ1) is 25.1. The van der Waals surface area contributed by atoms with Crippen LogP contribution in [0.2, 0.25) is 0 Å². The Labute approximate surface area is 321 Å². The summed E-state index contributed by atoms with van der Waals surface area (Å²) in [5, 5.41) is 102. The fraction of sp³-hybridized carbons (Fsp3) is 0.825. The second-order valence-electron chi connectivity index (χ2n) is 15.9. The highest BCUT2D eigenvalue weighted by Gasteiger charge is 2.45. The van der Waals surface area contributed by atoms with Gasteiger partial charge in [0.05, 0.1) is 31.5 Å². The van der Waals surface area contributed by atoms with E-state index in [1.807, 2.05) is 19.9 Å². The van der Waals surface area contributed by atoms with E-state index in [0.717, 1.165) is 19.3 Å². The molecule has 1 fully saturated rings. The Morgan fingerprint density at radius 3 is 1.78 bits per heavy atom. The summed E-state index contributed by atoms with van der Waals surface area (Å²) in [6, 6.07) is 0. The van der Waals surface area contributed by atoms with Crippen molar-refractivity contribution in [2.75, 3.05) is 19.8 Å². The predicted octanol–water partition coefficient (Wildman–Crippen LogP) is 1.36. The van der Waals surface area contributed by atoms with Gasteiger partial charge in [0.1, 0.15) is 49.3 Å². The van der Waals surface area contributed by atoms with E-state index >= 15 is 0 Å². The molecule has 1 aliphatic heterocycles. The van der Waals surface area contributed by atoms with Crippen LogP contribution in [-0.4, -0.2) is 144 Å². The number of hydrogen-bond acceptors (Lipinski definition) is 14. The van der Waals surface area contributed by atoms with Crippen LogP contribution in [0.5, 0.6) is 0 Å². The second kappa shape index (κ2) is 24.1. The van der Waals surface area contributed by atoms with Crippen molar-refractivity contribution in [2.24, 2.45) is 35.5 Å². The maximum Gasteiger partial charge on any atom is 0.333 e. The first-order valence-electron chi connectivity index (χ1n) is 19.3. The monoisotopic (exact) mass is 776 g/mol. The number of aliphatic hydroxyl groups is 10. The van der Waals surface area contributed by atoms with Gasteiger partial charge in [-0.15, -0.1) is 0 Å². The third kappa shape index (κ3) is 15.3. The van der Waals surface area contributed by atoms with Crippen molar-refractivity contribution >= 4 is 5.97 Å². The third-order valence-electron chi connectivity index (χ3n) is 10.7. The second-order valence-corrected chi connectivity index (χ2v) is 15.9. The molecule has 14 nitrogen and oxygen atoms in total. The number of carbonyl (C=O) groups is 1. The molecule has 0 aromatic heterocycles. The van der Waals surface area contributed by atoms with Crippen LogP contribution in [0.15, 0.2) is 34.9 Å². The Balaban J connectivity index is 3.13. The van der Waals surface area contributed by atoms with Crippen LogP contribution in [0, 0.1) is 35.5 Å². The van der Waals surface area contributed by atoms with Crippen molar-refractivity contribution in [1.82, 2.24) is 0 Å². The van der Waals surface area contributed by atoms with E-state index in [2.05, 4.69) is 20.8 Å². The lowest BCUT2D eigenvalue weighted by Crippen LogP contribution is -2.60. The van der Waals surface area contributed by atoms with Gasteiger partial charge in [-0.1, -0.05) is 73.1 Å². The van der Waals surface area contributed by atoms with Crippen LogP contribution >= 0.6 is 0 Å². The summed E-state index contributed by atoms with van der Waals surface area (Å²) in [4.78, 5) is 12.5. The van der Waals surface area contributed by atoms with Crippen molar-refractivity contribution in [2.45, 2.75) is 156 Å². The van der Waals surface area contributed by atoms with Crippen LogP contribution in [-0.2, 0) is 19.0 Å². The molecule has 0 aliphatic carbocycles. The van der Waals surface area contributed by atoms with Gasteiger partial charge in [-0.2, -0.15) is 0 Å². The Kier molecular flexibility index (Phi) is 22.4. The van der Waals surface area contributed by atoms with Gasteiger partial charge in [0.25, 0.3) is 0 Å². The molecule has 1 saturated heterocycles. The Morgan fingerprint density at radius 2 is 1.26 bits per heavy atom. The quantitative estimate of drug-likeness (QED) is 0.0400. The highest BCUT2D eigenvalue weighted by molar-refractivity contribution is 5.87. The largest absolute Gasteiger partial charge is 0.459 e. The summed E-state index contributed by atoms with van der Waals surface area (Å²) in [5.41, 5.74) is 1.33. The molecular formula is C40H72O14. The van der Waals surface area contributed by atoms with Crippen molar-refractivity contribution < 1.29 is 70.1 Å². The lowest BCUT2D eigenvalue weighted by molar-refractivity contribution is -0.317. The van der Waals surface area contributed by atoms with Gasteiger partial charge >= 0.3 is 5.97 Å². The van der Waals surface area contributed by atoms with Crippen molar-refractivity contribution in [1.29, 1.82) is 0 Å². The van der Waals surface area contributed by atoms with Crippen LogP contribution in [0.1, 0.15) is 88.5 Å². The summed E-state index contributed by atoms with van der Waals surface area (Å²) < 4.78 is 17.1. The smallest absolute Gasteiger partial charge is 0.333 e. The normalized spacial score (nSPS) is 28.5. The maximum absolute atomic E-state index is 12.5. The molecule has 14 unspecified atom stereocenters. The standard InChI is InChI=1S/C40H72O14/c1-11-20(2)12-21(3)13-26(8)38(54-40-37(50)36(49)35(48)31(18-42)53-40)27(9)15-24(6)32(45)22(4)14-23(5)33(46)25(7)16-28(10)39(51)52-19-30(44)34(47)29(43)17-41/h14-16,20-22,25-27,29-38,40-50H,11-13,17-19H2,1-10H3/b23-14+,24-15+,28-16+/t20?,21?,22?,25?,26?,27?,29-,30-,31?,32?,33?,34-,35?,36?,37?,38?,40?/m1/s1. The van der Waals surface area contributed by atoms with E-state index in [4.69, 9.17) is 19.3 Å². The lowest BCUT2D eigenvalue weighted by Gasteiger charge is -2.42. The number of rotatable bonds is 23. The van der Waals surface area contributed by atoms with Gasteiger partial charge in [-0.25, -0.2) is 4.79 Å². The van der Waals surface area contributed by atoms with E-state index in [1.54, 1.807) is 33.8 Å². The maximum atomic E-state index is 12.5. The molecule has 0 saturated carbocycles. The lowest BCUT2D eigenvalue weighted by atomic mass is 9.82. The summed E-state index contributed by atoms with van der Waals surface area (Å²) in [6.07, 6.45) is -6.45. The predicted molar refractivity (Wildman–Crippen MR) is 202 cm³/mol. The fourth-order valence-corrected chi connectivity index (χ4v) is 7.16. The molecule has 316 valence electrons. The van der Waals surface area contributed by atoms with Gasteiger partial charge in [-0.05, 0) is 62.5 Å². The molecule has 0 aromatic carbocycles. The molecular weight excluding hydrogens is 704 g/mol. The molecule has 17 atom stereocenters. The minimum atomic E-state index is -1.71. The molecule has 10 N–H and O–H groups in total. The SMILES string of the molecule is CCC(C)CC(C)CC(C)C(OC1OC(CO)C(O)C(O)C1O)C(C)/C=C(\C)C(O)C(C)/C=C(\C)C(O)C(C)/C=C(\C)C(=O)OC[C@@H](O)[C@H](O)[C@H](O)CO. The van der Waals surface area contributed by atoms with Gasteiger partial charge < -0.3 is 65.3 Å². The molecule has 0 bridgehead atoms. The van der Waals surface area contributed by atoms with Crippen LogP contribution < -0.4 is 0 Å². The highest BCUT2D eigenvalue weighted by Crippen LogP contribution is 2.33. The molecule has 0 spiro atoms. The van der Waals surface area contributed by atoms with E-state index in [1.165, 1.54) is 13.0 Å². The van der Waals surface area contributed by atoms with E-state index in [-0.39, 0.29) is 17.4 Å². The van der Waals surface area contributed by atoms with Crippen LogP contribution in [0.4, 0.5) is 0 Å². The summed E-state index contributed by atoms with van der Waals surface area (Å²) in [5.74, 6) is -1.23. The van der Waals surface area contributed by atoms with Gasteiger partial charge in [-0.3, -0.25) is 0 Å². The summed E-state index contributed by atoms with van der Waals surface area (Å²) in [7, 11) is 0. The number of aliphatic hydroxyl groups excluding tert-OH is 10. The van der Waals surface area contributed by atoms with Crippen molar-refractivity contribution in [3.05, 3.63) is 34.9 Å². The first kappa shape index (κ1) is 50.2. The van der Waals surface area contributed by atoms with Crippen LogP contribution in [0.3, 0.4) is 0 Å². The average molecular weight is 777 g/mol. The van der Waals surface area contributed by atoms with Gasteiger partial charge in [0.15, 0.2) is 6.29 Å². The summed E-state index contributed by atoms with van der Waals surface area (Å²) in [6.45, 7) is 17.0. The molecule has 1 heterocycles. The minimum absolute atomic E-state index is 0.0477. The molecule has 0 radical (unpaired) electrons. The molecule has 0 amide bonds. The van der Waals surface area contributed by atoms with Crippen molar-refractivity contribution in [3.8, 4) is 0 Å². The zero-order chi connectivity index (χ0) is 41.6. The van der Waals surface area contributed by atoms with E-state index < -0.39 is 105 Å². The Hall–Kier alpha value is -1.79. The summed E-state index contributed by atoms with van der Waals surface area (Å²) >= 11 is 0. The highest BCUT2D eigenvalue weighted by atomic mass is 16.7. The molecule has 0 aromatic rings.